The van der Waals surface area contributed by atoms with Crippen LogP contribution in [0.3, 0.4) is 0 Å². The van der Waals surface area contributed by atoms with E-state index in [1.165, 1.54) is 17.8 Å². The van der Waals surface area contributed by atoms with Gasteiger partial charge in [0.2, 0.25) is 0 Å². The van der Waals surface area contributed by atoms with Crippen molar-refractivity contribution in [3.05, 3.63) is 59.4 Å². The number of aryl methyl sites for hydroxylation is 1. The van der Waals surface area contributed by atoms with Crippen molar-refractivity contribution >= 4 is 11.0 Å². The highest BCUT2D eigenvalue weighted by Gasteiger charge is 2.56. The number of aliphatic hydroxyl groups excluding tert-OH is 2. The lowest BCUT2D eigenvalue weighted by atomic mass is 9.88. The molecule has 0 unspecified atom stereocenters. The van der Waals surface area contributed by atoms with E-state index in [9.17, 15) is 28.5 Å². The standard InChI is InChI=1S/C19H18F3N3O4/c1-8-9-5-6-25(17(9)24-7-23-8)18-15(27)19(2,28)16(29-18)14(26)10-3-4-11(20)13(22)12(10)21/h3-7,14-16,18,26-28H,1-2H3/t14-,15+,16-,18-,19+/m1/s1. The first kappa shape index (κ1) is 19.8. The minimum Gasteiger partial charge on any atom is -0.385 e. The van der Waals surface area contributed by atoms with Crippen molar-refractivity contribution in [3.63, 3.8) is 0 Å². The third-order valence-electron chi connectivity index (χ3n) is 5.38. The molecule has 1 aliphatic heterocycles. The zero-order valence-electron chi connectivity index (χ0n) is 15.4. The Hall–Kier alpha value is -2.53. The summed E-state index contributed by atoms with van der Waals surface area (Å²) in [5, 5.41) is 32.7. The number of halogens is 3. The Bertz CT molecular complexity index is 1090. The molecule has 1 saturated heterocycles. The number of aliphatic hydroxyl groups is 3. The number of rotatable bonds is 3. The zero-order valence-corrected chi connectivity index (χ0v) is 15.4. The van der Waals surface area contributed by atoms with Crippen molar-refractivity contribution in [1.29, 1.82) is 0 Å². The minimum atomic E-state index is -2.04. The van der Waals surface area contributed by atoms with Crippen LogP contribution in [0.25, 0.3) is 11.0 Å². The third kappa shape index (κ3) is 2.91. The van der Waals surface area contributed by atoms with Crippen molar-refractivity contribution in [2.24, 2.45) is 0 Å². The van der Waals surface area contributed by atoms with E-state index in [2.05, 4.69) is 9.97 Å². The van der Waals surface area contributed by atoms with Gasteiger partial charge in [0.25, 0.3) is 0 Å². The van der Waals surface area contributed by atoms with Gasteiger partial charge in [0, 0.05) is 17.1 Å². The van der Waals surface area contributed by atoms with Gasteiger partial charge >= 0.3 is 0 Å². The molecule has 3 N–H and O–H groups in total. The van der Waals surface area contributed by atoms with Crippen LogP contribution >= 0.6 is 0 Å². The Kier molecular flexibility index (Phi) is 4.61. The predicted octanol–water partition coefficient (Wildman–Crippen LogP) is 1.90. The fourth-order valence-corrected chi connectivity index (χ4v) is 3.67. The van der Waals surface area contributed by atoms with Gasteiger partial charge in [-0.2, -0.15) is 0 Å². The average Bonchev–Trinajstić information content (AvgIpc) is 3.20. The van der Waals surface area contributed by atoms with Crippen LogP contribution in [0.5, 0.6) is 0 Å². The molecule has 2 aromatic heterocycles. The molecule has 5 atom stereocenters. The summed E-state index contributed by atoms with van der Waals surface area (Å²) in [6, 6.07) is 3.22. The number of nitrogens with zero attached hydrogens (tertiary/aromatic N) is 3. The number of hydrogen-bond donors (Lipinski definition) is 3. The summed E-state index contributed by atoms with van der Waals surface area (Å²) < 4.78 is 48.1. The van der Waals surface area contributed by atoms with Crippen LogP contribution in [0.2, 0.25) is 0 Å². The van der Waals surface area contributed by atoms with E-state index in [-0.39, 0.29) is 0 Å². The van der Waals surface area contributed by atoms with Crippen molar-refractivity contribution in [2.75, 3.05) is 0 Å². The first-order valence-electron chi connectivity index (χ1n) is 8.80. The van der Waals surface area contributed by atoms with E-state index in [4.69, 9.17) is 4.74 Å². The normalized spacial score (nSPS) is 28.2. The molecule has 0 amide bonds. The highest BCUT2D eigenvalue weighted by Crippen LogP contribution is 2.44. The lowest BCUT2D eigenvalue weighted by Crippen LogP contribution is -2.47. The molecular formula is C19H18F3N3O4. The largest absolute Gasteiger partial charge is 0.385 e. The van der Waals surface area contributed by atoms with Gasteiger partial charge in [0.05, 0.1) is 5.69 Å². The molecule has 29 heavy (non-hydrogen) atoms. The van der Waals surface area contributed by atoms with E-state index in [0.29, 0.717) is 22.8 Å². The molecule has 154 valence electrons. The minimum absolute atomic E-state index is 0.423. The Morgan fingerprint density at radius 2 is 1.90 bits per heavy atom. The summed E-state index contributed by atoms with van der Waals surface area (Å²) >= 11 is 0. The Morgan fingerprint density at radius 3 is 2.62 bits per heavy atom. The van der Waals surface area contributed by atoms with Gasteiger partial charge in [-0.15, -0.1) is 0 Å². The number of aromatic nitrogens is 3. The number of fused-ring (bicyclic) bond motifs is 1. The number of benzene rings is 1. The van der Waals surface area contributed by atoms with Crippen LogP contribution < -0.4 is 0 Å². The smallest absolute Gasteiger partial charge is 0.194 e. The Morgan fingerprint density at radius 1 is 1.17 bits per heavy atom. The second-order valence-electron chi connectivity index (χ2n) is 7.25. The molecule has 0 aliphatic carbocycles. The molecule has 7 nitrogen and oxygen atoms in total. The molecule has 3 heterocycles. The highest BCUT2D eigenvalue weighted by atomic mass is 19.2. The second kappa shape index (κ2) is 6.77. The van der Waals surface area contributed by atoms with Gasteiger partial charge in [-0.3, -0.25) is 0 Å². The van der Waals surface area contributed by atoms with Gasteiger partial charge < -0.3 is 24.6 Å². The summed E-state index contributed by atoms with van der Waals surface area (Å²) in [6.45, 7) is 2.98. The maximum atomic E-state index is 14.1. The molecule has 10 heteroatoms. The molecule has 3 aromatic rings. The van der Waals surface area contributed by atoms with Gasteiger partial charge in [-0.05, 0) is 26.0 Å². The van der Waals surface area contributed by atoms with Gasteiger partial charge in [-0.25, -0.2) is 23.1 Å². The lowest BCUT2D eigenvalue weighted by molar-refractivity contribution is -0.115. The molecule has 1 aromatic carbocycles. The van der Waals surface area contributed by atoms with E-state index in [1.54, 1.807) is 19.2 Å². The SMILES string of the molecule is Cc1ncnc2c1ccn2[C@@H]1O[C@H]([C@H](O)c2ccc(F)c(F)c2F)[C@@](C)(O)[C@H]1O. The van der Waals surface area contributed by atoms with Crippen molar-refractivity contribution in [1.82, 2.24) is 14.5 Å². The third-order valence-corrected chi connectivity index (χ3v) is 5.38. The first-order chi connectivity index (χ1) is 13.6. The number of hydrogen-bond acceptors (Lipinski definition) is 6. The summed E-state index contributed by atoms with van der Waals surface area (Å²) in [5.41, 5.74) is -1.53. The molecule has 0 saturated carbocycles. The van der Waals surface area contributed by atoms with E-state index < -0.39 is 53.2 Å². The number of ether oxygens (including phenoxy) is 1. The summed E-state index contributed by atoms with van der Waals surface area (Å²) in [4.78, 5) is 8.24. The van der Waals surface area contributed by atoms with E-state index >= 15 is 0 Å². The first-order valence-corrected chi connectivity index (χ1v) is 8.80. The van der Waals surface area contributed by atoms with Crippen LogP contribution in [0.1, 0.15) is 30.5 Å². The fraction of sp³-hybridized carbons (Fsp3) is 0.368. The molecule has 0 radical (unpaired) electrons. The van der Waals surface area contributed by atoms with Crippen LogP contribution in [0, 0.1) is 24.4 Å². The van der Waals surface area contributed by atoms with Crippen molar-refractivity contribution in [3.8, 4) is 0 Å². The predicted molar refractivity (Wildman–Crippen MR) is 94.1 cm³/mol. The lowest BCUT2D eigenvalue weighted by Gasteiger charge is -2.29. The maximum absolute atomic E-state index is 14.1. The maximum Gasteiger partial charge on any atom is 0.194 e. The van der Waals surface area contributed by atoms with Crippen LogP contribution in [0.15, 0.2) is 30.7 Å². The Labute approximate surface area is 163 Å². The topological polar surface area (TPSA) is 101 Å². The van der Waals surface area contributed by atoms with E-state index in [1.807, 2.05) is 0 Å². The molecular weight excluding hydrogens is 391 g/mol. The van der Waals surface area contributed by atoms with Crippen molar-refractivity contribution in [2.45, 2.75) is 44.0 Å². The van der Waals surface area contributed by atoms with Gasteiger partial charge in [0.15, 0.2) is 23.7 Å². The molecule has 1 aliphatic rings. The highest BCUT2D eigenvalue weighted by molar-refractivity contribution is 5.78. The summed E-state index contributed by atoms with van der Waals surface area (Å²) in [5.74, 6) is -4.76. The Balaban J connectivity index is 1.73. The molecule has 4 rings (SSSR count). The molecule has 0 spiro atoms. The fourth-order valence-electron chi connectivity index (χ4n) is 3.67. The van der Waals surface area contributed by atoms with Crippen LogP contribution in [0.4, 0.5) is 13.2 Å². The van der Waals surface area contributed by atoms with Crippen LogP contribution in [-0.4, -0.2) is 47.7 Å². The zero-order chi connectivity index (χ0) is 21.1. The van der Waals surface area contributed by atoms with Gasteiger partial charge in [0.1, 0.15) is 35.9 Å². The summed E-state index contributed by atoms with van der Waals surface area (Å²) in [7, 11) is 0. The van der Waals surface area contributed by atoms with Gasteiger partial charge in [-0.1, -0.05) is 6.07 Å². The average molecular weight is 409 g/mol. The quantitative estimate of drug-likeness (QED) is 0.572. The summed E-state index contributed by atoms with van der Waals surface area (Å²) in [6.07, 6.45) is -3.23. The monoisotopic (exact) mass is 409 g/mol. The second-order valence-corrected chi connectivity index (χ2v) is 7.25. The molecule has 0 bridgehead atoms. The van der Waals surface area contributed by atoms with Crippen LogP contribution in [-0.2, 0) is 4.74 Å². The molecule has 1 fully saturated rings. The van der Waals surface area contributed by atoms with Crippen molar-refractivity contribution < 1.29 is 33.2 Å². The van der Waals surface area contributed by atoms with E-state index in [0.717, 1.165) is 6.07 Å².